The van der Waals surface area contributed by atoms with Gasteiger partial charge in [-0.1, -0.05) is 22.0 Å². The number of hydrogen-bond donors (Lipinski definition) is 0. The zero-order valence-electron chi connectivity index (χ0n) is 10.5. The fourth-order valence-corrected chi connectivity index (χ4v) is 4.41. The van der Waals surface area contributed by atoms with Gasteiger partial charge in [-0.25, -0.2) is 0 Å². The average Bonchev–Trinajstić information content (AvgIpc) is 2.69. The molecule has 2 rings (SSSR count). The van der Waals surface area contributed by atoms with E-state index in [-0.39, 0.29) is 5.38 Å². The summed E-state index contributed by atoms with van der Waals surface area (Å²) in [5.74, 6) is 0.852. The van der Waals surface area contributed by atoms with E-state index in [2.05, 4.69) is 44.8 Å². The predicted octanol–water partition coefficient (Wildman–Crippen LogP) is 6.31. The Bertz CT molecular complexity index is 563. The van der Waals surface area contributed by atoms with Gasteiger partial charge in [-0.05, 0) is 59.1 Å². The van der Waals surface area contributed by atoms with Gasteiger partial charge in [0.15, 0.2) is 0 Å². The van der Waals surface area contributed by atoms with Gasteiger partial charge in [0, 0.05) is 9.35 Å². The Kier molecular flexibility index (Phi) is 5.35. The summed E-state index contributed by atoms with van der Waals surface area (Å²) < 4.78 is 7.58. The third kappa shape index (κ3) is 3.54. The van der Waals surface area contributed by atoms with Gasteiger partial charge in [0.05, 0.1) is 15.8 Å². The Hall–Kier alpha value is -0.0300. The van der Waals surface area contributed by atoms with Crippen molar-refractivity contribution in [2.75, 3.05) is 6.61 Å². The van der Waals surface area contributed by atoms with E-state index in [9.17, 15) is 0 Å². The van der Waals surface area contributed by atoms with Crippen LogP contribution in [0.2, 0.25) is 0 Å². The minimum absolute atomic E-state index is 0.153. The molecule has 1 aromatic heterocycles. The molecule has 1 aromatic carbocycles. The molecular formula is C14H13Br2ClOS. The number of thiophene rings is 1. The molecule has 0 spiro atoms. The van der Waals surface area contributed by atoms with Crippen molar-refractivity contribution in [2.24, 2.45) is 0 Å². The largest absolute Gasteiger partial charge is 0.494 e. The molecule has 0 fully saturated rings. The van der Waals surface area contributed by atoms with Gasteiger partial charge in [0.1, 0.15) is 5.75 Å². The Balaban J connectivity index is 2.30. The molecule has 0 aliphatic carbocycles. The highest BCUT2D eigenvalue weighted by Gasteiger charge is 2.17. The van der Waals surface area contributed by atoms with E-state index < -0.39 is 0 Å². The molecule has 0 saturated carbocycles. The molecule has 2 aromatic rings. The van der Waals surface area contributed by atoms with Crippen LogP contribution in [0, 0.1) is 6.92 Å². The molecule has 1 heterocycles. The highest BCUT2D eigenvalue weighted by Crippen LogP contribution is 2.41. The normalized spacial score (nSPS) is 12.5. The molecule has 0 aliphatic heterocycles. The number of halogens is 3. The van der Waals surface area contributed by atoms with Crippen molar-refractivity contribution in [2.45, 2.75) is 19.2 Å². The summed E-state index contributed by atoms with van der Waals surface area (Å²) in [6.07, 6.45) is 0. The monoisotopic (exact) mass is 422 g/mol. The lowest BCUT2D eigenvalue weighted by atomic mass is 10.1. The van der Waals surface area contributed by atoms with Crippen molar-refractivity contribution in [3.05, 3.63) is 48.5 Å². The maximum absolute atomic E-state index is 6.57. The number of alkyl halides is 1. The quantitative estimate of drug-likeness (QED) is 0.523. The fraction of sp³-hybridized carbons (Fsp3) is 0.286. The smallest absolute Gasteiger partial charge is 0.120 e. The zero-order valence-corrected chi connectivity index (χ0v) is 15.3. The van der Waals surface area contributed by atoms with Crippen LogP contribution in [0.3, 0.4) is 0 Å². The molecule has 0 N–H and O–H groups in total. The number of benzene rings is 1. The highest BCUT2D eigenvalue weighted by atomic mass is 79.9. The van der Waals surface area contributed by atoms with Crippen molar-refractivity contribution in [3.63, 3.8) is 0 Å². The number of rotatable bonds is 4. The SMILES string of the molecule is CCOc1ccc(C(Cl)c2cc(C)c(Br)s2)c(Br)c1. The first-order chi connectivity index (χ1) is 9.02. The van der Waals surface area contributed by atoms with Crippen LogP contribution in [0.5, 0.6) is 5.75 Å². The molecule has 0 radical (unpaired) electrons. The summed E-state index contributed by atoms with van der Waals surface area (Å²) in [4.78, 5) is 1.14. The Morgan fingerprint density at radius 1 is 1.32 bits per heavy atom. The molecule has 0 saturated heterocycles. The van der Waals surface area contributed by atoms with Gasteiger partial charge in [0.2, 0.25) is 0 Å². The van der Waals surface area contributed by atoms with Crippen LogP contribution < -0.4 is 4.74 Å². The van der Waals surface area contributed by atoms with Gasteiger partial charge in [0.25, 0.3) is 0 Å². The lowest BCUT2D eigenvalue weighted by molar-refractivity contribution is 0.340. The first kappa shape index (κ1) is 15.4. The second-order valence-electron chi connectivity index (χ2n) is 4.08. The lowest BCUT2D eigenvalue weighted by Crippen LogP contribution is -1.95. The van der Waals surface area contributed by atoms with Gasteiger partial charge < -0.3 is 4.74 Å². The summed E-state index contributed by atoms with van der Waals surface area (Å²) in [6, 6.07) is 8.04. The highest BCUT2D eigenvalue weighted by molar-refractivity contribution is 9.11. The van der Waals surface area contributed by atoms with Gasteiger partial charge in [-0.3, -0.25) is 0 Å². The van der Waals surface area contributed by atoms with Crippen LogP contribution >= 0.6 is 54.8 Å². The molecule has 0 amide bonds. The van der Waals surface area contributed by atoms with Crippen LogP contribution in [0.15, 0.2) is 32.5 Å². The molecule has 1 unspecified atom stereocenters. The van der Waals surface area contributed by atoms with Crippen LogP contribution in [0.4, 0.5) is 0 Å². The summed E-state index contributed by atoms with van der Waals surface area (Å²) in [5, 5.41) is -0.153. The van der Waals surface area contributed by atoms with Gasteiger partial charge in [-0.2, -0.15) is 0 Å². The summed E-state index contributed by atoms with van der Waals surface area (Å²) in [5.41, 5.74) is 2.27. The van der Waals surface area contributed by atoms with Gasteiger partial charge in [-0.15, -0.1) is 22.9 Å². The first-order valence-electron chi connectivity index (χ1n) is 5.85. The fourth-order valence-electron chi connectivity index (χ4n) is 1.73. The van der Waals surface area contributed by atoms with E-state index in [1.165, 1.54) is 5.56 Å². The molecule has 19 heavy (non-hydrogen) atoms. The molecule has 102 valence electrons. The Morgan fingerprint density at radius 2 is 2.05 bits per heavy atom. The van der Waals surface area contributed by atoms with E-state index >= 15 is 0 Å². The average molecular weight is 425 g/mol. The zero-order chi connectivity index (χ0) is 14.0. The predicted molar refractivity (Wildman–Crippen MR) is 89.8 cm³/mol. The second-order valence-corrected chi connectivity index (χ2v) is 7.78. The van der Waals surface area contributed by atoms with Crippen LogP contribution in [-0.4, -0.2) is 6.61 Å². The van der Waals surface area contributed by atoms with Crippen molar-refractivity contribution in [1.29, 1.82) is 0 Å². The van der Waals surface area contributed by atoms with Crippen LogP contribution in [0.1, 0.15) is 28.3 Å². The minimum atomic E-state index is -0.153. The van der Waals surface area contributed by atoms with E-state index in [1.54, 1.807) is 11.3 Å². The number of aryl methyl sites for hydroxylation is 1. The summed E-state index contributed by atoms with van der Waals surface area (Å²) in [7, 11) is 0. The lowest BCUT2D eigenvalue weighted by Gasteiger charge is -2.12. The van der Waals surface area contributed by atoms with E-state index in [0.717, 1.165) is 24.4 Å². The molecular weight excluding hydrogens is 411 g/mol. The third-order valence-corrected chi connectivity index (χ3v) is 6.17. The third-order valence-electron chi connectivity index (χ3n) is 2.68. The van der Waals surface area contributed by atoms with Crippen LogP contribution in [0.25, 0.3) is 0 Å². The maximum Gasteiger partial charge on any atom is 0.120 e. The minimum Gasteiger partial charge on any atom is -0.494 e. The molecule has 1 atom stereocenters. The topological polar surface area (TPSA) is 9.23 Å². The molecule has 0 aliphatic rings. The molecule has 0 bridgehead atoms. The summed E-state index contributed by atoms with van der Waals surface area (Å²) in [6.45, 7) is 4.70. The summed E-state index contributed by atoms with van der Waals surface area (Å²) >= 11 is 15.3. The van der Waals surface area contributed by atoms with Crippen molar-refractivity contribution >= 4 is 54.8 Å². The van der Waals surface area contributed by atoms with Crippen molar-refractivity contribution in [3.8, 4) is 5.75 Å². The van der Waals surface area contributed by atoms with E-state index in [1.807, 2.05) is 25.1 Å². The number of ether oxygens (including phenoxy) is 1. The molecule has 5 heteroatoms. The first-order valence-corrected chi connectivity index (χ1v) is 8.69. The van der Waals surface area contributed by atoms with Crippen LogP contribution in [-0.2, 0) is 0 Å². The van der Waals surface area contributed by atoms with Crippen molar-refractivity contribution in [1.82, 2.24) is 0 Å². The Labute approximate surface area is 139 Å². The van der Waals surface area contributed by atoms with E-state index in [4.69, 9.17) is 16.3 Å². The Morgan fingerprint density at radius 3 is 2.58 bits per heavy atom. The van der Waals surface area contributed by atoms with E-state index in [0.29, 0.717) is 6.61 Å². The molecule has 1 nitrogen and oxygen atoms in total. The second kappa shape index (κ2) is 6.61. The number of hydrogen-bond acceptors (Lipinski definition) is 2. The van der Waals surface area contributed by atoms with Gasteiger partial charge >= 0.3 is 0 Å². The van der Waals surface area contributed by atoms with Crippen molar-refractivity contribution < 1.29 is 4.74 Å². The standard InChI is InChI=1S/C14H13Br2ClOS/c1-3-18-9-4-5-10(11(15)7-9)13(17)12-6-8(2)14(16)19-12/h4-7,13H,3H2,1-2H3. The maximum atomic E-state index is 6.57.